The quantitative estimate of drug-likeness (QED) is 0.555. The molecule has 1 aliphatic rings. The predicted molar refractivity (Wildman–Crippen MR) is 121 cm³/mol. The first kappa shape index (κ1) is 20.9. The number of nitrogens with zero attached hydrogens (tertiary/aromatic N) is 6. The van der Waals surface area contributed by atoms with E-state index in [1.807, 2.05) is 6.20 Å². The van der Waals surface area contributed by atoms with Crippen molar-refractivity contribution in [2.75, 3.05) is 24.7 Å². The third-order valence-corrected chi connectivity index (χ3v) is 6.43. The summed E-state index contributed by atoms with van der Waals surface area (Å²) in [5.74, 6) is 0.544. The van der Waals surface area contributed by atoms with Crippen molar-refractivity contribution in [3.63, 3.8) is 0 Å². The lowest BCUT2D eigenvalue weighted by atomic mass is 10.1. The zero-order chi connectivity index (χ0) is 21.1. The standard InChI is InChI=1S/C20H19Cl2N7S/c1-30-29-6-4-14(5-7-29)26-20-24-10-16(22)19(27-20)17-11-28(12-25-17)18-3-2-13(9-23)8-15(18)21/h2-3,8,10-12,14H,4-7H2,1H3,(H,24,26,27). The summed E-state index contributed by atoms with van der Waals surface area (Å²) in [6.45, 7) is 2.07. The van der Waals surface area contributed by atoms with Crippen LogP contribution < -0.4 is 5.32 Å². The van der Waals surface area contributed by atoms with E-state index in [9.17, 15) is 0 Å². The van der Waals surface area contributed by atoms with Crippen LogP contribution >= 0.6 is 35.1 Å². The Hall–Kier alpha value is -2.31. The molecule has 1 aliphatic heterocycles. The SMILES string of the molecule is CSN1CCC(Nc2ncc(Cl)c(-c3cn(-c4ccc(C#N)cc4Cl)cn3)n2)CC1. The minimum absolute atomic E-state index is 0.331. The third kappa shape index (κ3) is 4.55. The summed E-state index contributed by atoms with van der Waals surface area (Å²) in [6.07, 6.45) is 9.22. The molecule has 7 nitrogen and oxygen atoms in total. The molecule has 1 fully saturated rings. The first-order chi connectivity index (χ1) is 14.6. The summed E-state index contributed by atoms with van der Waals surface area (Å²) in [4.78, 5) is 13.4. The molecule has 154 valence electrons. The van der Waals surface area contributed by atoms with Crippen molar-refractivity contribution in [3.8, 4) is 23.1 Å². The van der Waals surface area contributed by atoms with Crippen LogP contribution in [0.2, 0.25) is 10.0 Å². The number of imidazole rings is 1. The van der Waals surface area contributed by atoms with Gasteiger partial charge in [0.15, 0.2) is 0 Å². The van der Waals surface area contributed by atoms with E-state index in [4.69, 9.17) is 28.5 Å². The lowest BCUT2D eigenvalue weighted by molar-refractivity contribution is 0.358. The number of hydrogen-bond donors (Lipinski definition) is 1. The Kier molecular flexibility index (Phi) is 6.44. The highest BCUT2D eigenvalue weighted by Gasteiger charge is 2.20. The molecule has 4 rings (SSSR count). The molecule has 3 aromatic rings. The van der Waals surface area contributed by atoms with Gasteiger partial charge >= 0.3 is 0 Å². The van der Waals surface area contributed by atoms with Crippen LogP contribution in [0.25, 0.3) is 17.1 Å². The van der Waals surface area contributed by atoms with Gasteiger partial charge in [-0.3, -0.25) is 4.31 Å². The number of nitriles is 1. The normalized spacial score (nSPS) is 15.1. The van der Waals surface area contributed by atoms with E-state index in [2.05, 4.69) is 36.9 Å². The van der Waals surface area contributed by atoms with Gasteiger partial charge in [-0.2, -0.15) is 5.26 Å². The van der Waals surface area contributed by atoms with Crippen molar-refractivity contribution in [2.45, 2.75) is 18.9 Å². The summed E-state index contributed by atoms with van der Waals surface area (Å²) in [7, 11) is 0. The second-order valence-electron chi connectivity index (χ2n) is 6.86. The fraction of sp³-hybridized carbons (Fsp3) is 0.300. The van der Waals surface area contributed by atoms with Crippen LogP contribution in [0.3, 0.4) is 0 Å². The van der Waals surface area contributed by atoms with Crippen LogP contribution in [-0.4, -0.2) is 49.2 Å². The molecule has 0 saturated carbocycles. The fourth-order valence-corrected chi connectivity index (χ4v) is 4.39. The van der Waals surface area contributed by atoms with Crippen molar-refractivity contribution >= 4 is 41.1 Å². The van der Waals surface area contributed by atoms with E-state index in [-0.39, 0.29) is 0 Å². The summed E-state index contributed by atoms with van der Waals surface area (Å²) >= 11 is 14.5. The zero-order valence-corrected chi connectivity index (χ0v) is 18.5. The lowest BCUT2D eigenvalue weighted by Gasteiger charge is -2.30. The van der Waals surface area contributed by atoms with Gasteiger partial charge in [0.25, 0.3) is 0 Å². The molecule has 0 bridgehead atoms. The Morgan fingerprint density at radius 1 is 1.20 bits per heavy atom. The van der Waals surface area contributed by atoms with Crippen LogP contribution in [0.4, 0.5) is 5.95 Å². The molecular formula is C20H19Cl2N7S. The monoisotopic (exact) mass is 459 g/mol. The maximum Gasteiger partial charge on any atom is 0.223 e. The van der Waals surface area contributed by atoms with Crippen LogP contribution in [0, 0.1) is 11.3 Å². The van der Waals surface area contributed by atoms with Gasteiger partial charge in [-0.15, -0.1) is 0 Å². The van der Waals surface area contributed by atoms with Gasteiger partial charge in [0.1, 0.15) is 17.7 Å². The molecule has 1 saturated heterocycles. The number of rotatable bonds is 5. The molecular weight excluding hydrogens is 441 g/mol. The maximum atomic E-state index is 9.01. The highest BCUT2D eigenvalue weighted by atomic mass is 35.5. The van der Waals surface area contributed by atoms with Gasteiger partial charge in [-0.25, -0.2) is 15.0 Å². The molecule has 1 N–H and O–H groups in total. The number of nitrogens with one attached hydrogen (secondary N) is 1. The minimum atomic E-state index is 0.331. The maximum absolute atomic E-state index is 9.01. The predicted octanol–water partition coefficient (Wildman–Crippen LogP) is 4.66. The Morgan fingerprint density at radius 2 is 2.00 bits per heavy atom. The molecule has 10 heteroatoms. The van der Waals surface area contributed by atoms with E-state index in [0.717, 1.165) is 31.6 Å². The second-order valence-corrected chi connectivity index (χ2v) is 8.56. The second kappa shape index (κ2) is 9.23. The van der Waals surface area contributed by atoms with Crippen molar-refractivity contribution in [1.29, 1.82) is 5.26 Å². The number of anilines is 1. The molecule has 30 heavy (non-hydrogen) atoms. The van der Waals surface area contributed by atoms with Gasteiger partial charge in [0.2, 0.25) is 5.95 Å². The van der Waals surface area contributed by atoms with Gasteiger partial charge < -0.3 is 9.88 Å². The third-order valence-electron chi connectivity index (χ3n) is 4.97. The van der Waals surface area contributed by atoms with E-state index >= 15 is 0 Å². The minimum Gasteiger partial charge on any atom is -0.351 e. The van der Waals surface area contributed by atoms with E-state index in [0.29, 0.717) is 39.0 Å². The Bertz CT molecular complexity index is 1090. The number of halogens is 2. The van der Waals surface area contributed by atoms with Crippen LogP contribution in [0.5, 0.6) is 0 Å². The summed E-state index contributed by atoms with van der Waals surface area (Å²) in [5.41, 5.74) is 2.39. The molecule has 0 aliphatic carbocycles. The number of piperidine rings is 1. The Morgan fingerprint density at radius 3 is 2.70 bits per heavy atom. The van der Waals surface area contributed by atoms with E-state index in [1.165, 1.54) is 0 Å². The van der Waals surface area contributed by atoms with Crippen molar-refractivity contribution in [3.05, 3.63) is 52.5 Å². The number of benzene rings is 1. The Balaban J connectivity index is 1.55. The average molecular weight is 460 g/mol. The molecule has 0 atom stereocenters. The molecule has 3 heterocycles. The van der Waals surface area contributed by atoms with Gasteiger partial charge in [-0.1, -0.05) is 35.1 Å². The first-order valence-electron chi connectivity index (χ1n) is 9.40. The number of aromatic nitrogens is 4. The van der Waals surface area contributed by atoms with E-state index < -0.39 is 0 Å². The van der Waals surface area contributed by atoms with Crippen molar-refractivity contribution < 1.29 is 0 Å². The molecule has 2 aromatic heterocycles. The summed E-state index contributed by atoms with van der Waals surface area (Å²) < 4.78 is 4.13. The average Bonchev–Trinajstić information content (AvgIpc) is 3.25. The van der Waals surface area contributed by atoms with E-state index in [1.54, 1.807) is 47.2 Å². The van der Waals surface area contributed by atoms with Gasteiger partial charge in [0.05, 0.1) is 33.6 Å². The smallest absolute Gasteiger partial charge is 0.223 e. The molecule has 0 amide bonds. The van der Waals surface area contributed by atoms with Crippen LogP contribution in [0.1, 0.15) is 18.4 Å². The summed E-state index contributed by atoms with van der Waals surface area (Å²) in [5, 5.41) is 13.3. The molecule has 0 radical (unpaired) electrons. The lowest BCUT2D eigenvalue weighted by Crippen LogP contribution is -2.35. The van der Waals surface area contributed by atoms with Crippen molar-refractivity contribution in [2.24, 2.45) is 0 Å². The molecule has 1 aromatic carbocycles. The largest absolute Gasteiger partial charge is 0.351 e. The van der Waals surface area contributed by atoms with Crippen LogP contribution in [-0.2, 0) is 0 Å². The van der Waals surface area contributed by atoms with Gasteiger partial charge in [0, 0.05) is 25.3 Å². The highest BCUT2D eigenvalue weighted by Crippen LogP contribution is 2.28. The highest BCUT2D eigenvalue weighted by molar-refractivity contribution is 7.96. The summed E-state index contributed by atoms with van der Waals surface area (Å²) in [6, 6.07) is 7.52. The Labute approximate surface area is 189 Å². The van der Waals surface area contributed by atoms with Crippen molar-refractivity contribution in [1.82, 2.24) is 23.8 Å². The zero-order valence-electron chi connectivity index (χ0n) is 16.2. The van der Waals surface area contributed by atoms with Crippen LogP contribution in [0.15, 0.2) is 36.9 Å². The number of hydrogen-bond acceptors (Lipinski definition) is 7. The van der Waals surface area contributed by atoms with Gasteiger partial charge in [-0.05, 0) is 37.3 Å². The topological polar surface area (TPSA) is 82.7 Å². The first-order valence-corrected chi connectivity index (χ1v) is 11.3. The molecule has 0 spiro atoms. The molecule has 0 unspecified atom stereocenters. The fourth-order valence-electron chi connectivity index (χ4n) is 3.34.